The fraction of sp³-hybridized carbons (Fsp3) is 0.571. The number of halogens is 1. The zero-order valence-electron chi connectivity index (χ0n) is 22.6. The molecule has 1 aliphatic heterocycles. The van der Waals surface area contributed by atoms with Gasteiger partial charge < -0.3 is 30.4 Å². The monoisotopic (exact) mass is 520 g/mol. The number of carbonyl (C=O) groups is 2. The molecule has 1 aromatic carbocycles. The average Bonchev–Trinajstić information content (AvgIpc) is 2.85. The van der Waals surface area contributed by atoms with E-state index in [-0.39, 0.29) is 17.5 Å². The number of carbonyl (C=O) groups excluding carboxylic acids is 2. The Morgan fingerprint density at radius 3 is 2.46 bits per heavy atom. The molecule has 0 saturated heterocycles. The average molecular weight is 521 g/mol. The number of hydrogen-bond donors (Lipinski definition) is 3. The van der Waals surface area contributed by atoms with Gasteiger partial charge in [0.05, 0.1) is 24.0 Å². The summed E-state index contributed by atoms with van der Waals surface area (Å²) >= 11 is 0. The Labute approximate surface area is 219 Å². The van der Waals surface area contributed by atoms with Gasteiger partial charge in [0.2, 0.25) is 0 Å². The third kappa shape index (κ3) is 8.66. The smallest absolute Gasteiger partial charge is 0.405 e. The molecule has 6 unspecified atom stereocenters. The number of anilines is 1. The number of aliphatic hydroxyl groups excluding tert-OH is 1. The Bertz CT molecular complexity index is 995. The molecule has 0 spiro atoms. The van der Waals surface area contributed by atoms with Crippen molar-refractivity contribution in [3.63, 3.8) is 0 Å². The van der Waals surface area contributed by atoms with E-state index in [1.807, 2.05) is 19.9 Å². The van der Waals surface area contributed by atoms with Crippen LogP contribution in [0.1, 0.15) is 52.5 Å². The number of rotatable bonds is 3. The molecule has 1 aliphatic rings. The second-order valence-electron chi connectivity index (χ2n) is 9.91. The van der Waals surface area contributed by atoms with Crippen LogP contribution >= 0.6 is 0 Å². The molecular formula is C28H41FN2O6. The molecular weight excluding hydrogens is 479 g/mol. The van der Waals surface area contributed by atoms with Crippen molar-refractivity contribution in [3.05, 3.63) is 52.9 Å². The highest BCUT2D eigenvalue weighted by molar-refractivity contribution is 6.03. The van der Waals surface area contributed by atoms with Gasteiger partial charge in [-0.15, -0.1) is 0 Å². The lowest BCUT2D eigenvalue weighted by molar-refractivity contribution is -0.112. The largest absolute Gasteiger partial charge is 0.439 e. The third-order valence-electron chi connectivity index (χ3n) is 6.87. The van der Waals surface area contributed by atoms with Gasteiger partial charge in [0.1, 0.15) is 5.82 Å². The Morgan fingerprint density at radius 2 is 1.84 bits per heavy atom. The maximum Gasteiger partial charge on any atom is 0.405 e. The van der Waals surface area contributed by atoms with Crippen molar-refractivity contribution < 1.29 is 33.3 Å². The van der Waals surface area contributed by atoms with Gasteiger partial charge in [-0.3, -0.25) is 4.79 Å². The van der Waals surface area contributed by atoms with Gasteiger partial charge >= 0.3 is 6.09 Å². The summed E-state index contributed by atoms with van der Waals surface area (Å²) in [7, 11) is 3.04. The first-order valence-corrected chi connectivity index (χ1v) is 12.6. The summed E-state index contributed by atoms with van der Waals surface area (Å²) < 4.78 is 31.9. The molecule has 0 fully saturated rings. The molecule has 0 radical (unpaired) electrons. The van der Waals surface area contributed by atoms with Gasteiger partial charge in [-0.1, -0.05) is 38.1 Å². The summed E-state index contributed by atoms with van der Waals surface area (Å²) in [5, 5.41) is 13.7. The first kappa shape index (κ1) is 30.5. The Kier molecular flexibility index (Phi) is 11.7. The minimum absolute atomic E-state index is 0.0233. The second kappa shape index (κ2) is 14.3. The SMILES string of the molecule is COC1CCC=C(C)C(=O)Nc2cccc(c2F)CC(C)CC(OC)C(O)C(C)C=C(C)C1OC(N)=O. The molecule has 37 heavy (non-hydrogen) atoms. The van der Waals surface area contributed by atoms with E-state index in [2.05, 4.69) is 5.32 Å². The molecule has 2 rings (SSSR count). The maximum absolute atomic E-state index is 15.2. The number of primary amides is 1. The highest BCUT2D eigenvalue weighted by Crippen LogP contribution is 2.27. The van der Waals surface area contributed by atoms with Crippen LogP contribution in [0.15, 0.2) is 41.5 Å². The molecule has 0 aliphatic carbocycles. The Hall–Kier alpha value is -2.75. The Morgan fingerprint density at radius 1 is 1.16 bits per heavy atom. The predicted molar refractivity (Wildman–Crippen MR) is 140 cm³/mol. The number of methoxy groups -OCH3 is 2. The third-order valence-corrected chi connectivity index (χ3v) is 6.87. The lowest BCUT2D eigenvalue weighted by atomic mass is 9.88. The van der Waals surface area contributed by atoms with Crippen LogP contribution < -0.4 is 11.1 Å². The molecule has 1 aromatic rings. The maximum atomic E-state index is 15.2. The number of nitrogens with two attached hydrogens (primary N) is 1. The van der Waals surface area contributed by atoms with Crippen molar-refractivity contribution in [1.29, 1.82) is 0 Å². The highest BCUT2D eigenvalue weighted by atomic mass is 19.1. The standard InChI is InChI=1S/C28H41FN2O6/c1-16-13-20-10-8-11-21(24(20)29)31-27(33)17(2)9-7-12-22(35-5)26(37-28(30)34)19(4)15-18(3)25(32)23(14-16)36-6/h8-11,15-16,18,22-23,25-26,32H,7,12-14H2,1-6H3,(H2,30,34)(H,31,33). The molecule has 2 bridgehead atoms. The fourth-order valence-electron chi connectivity index (χ4n) is 4.77. The number of nitrogens with one attached hydrogen (secondary N) is 1. The van der Waals surface area contributed by atoms with Crippen molar-refractivity contribution in [3.8, 4) is 0 Å². The van der Waals surface area contributed by atoms with Crippen LogP contribution in [-0.2, 0) is 25.4 Å². The number of ether oxygens (including phenoxy) is 3. The van der Waals surface area contributed by atoms with Crippen LogP contribution in [0.2, 0.25) is 0 Å². The van der Waals surface area contributed by atoms with E-state index >= 15 is 4.39 Å². The minimum atomic E-state index is -0.940. The van der Waals surface area contributed by atoms with E-state index in [1.54, 1.807) is 32.1 Å². The molecule has 0 aromatic heterocycles. The van der Waals surface area contributed by atoms with Crippen LogP contribution in [0.4, 0.5) is 14.9 Å². The number of fused-ring (bicyclic) bond motifs is 2. The van der Waals surface area contributed by atoms with E-state index in [0.29, 0.717) is 42.4 Å². The lowest BCUT2D eigenvalue weighted by Crippen LogP contribution is -2.37. The fourth-order valence-corrected chi connectivity index (χ4v) is 4.77. The second-order valence-corrected chi connectivity index (χ2v) is 9.91. The molecule has 1 heterocycles. The number of benzene rings is 1. The Balaban J connectivity index is 2.48. The molecule has 9 heteroatoms. The van der Waals surface area contributed by atoms with E-state index in [9.17, 15) is 14.7 Å². The van der Waals surface area contributed by atoms with Crippen LogP contribution in [0, 0.1) is 17.7 Å². The first-order valence-electron chi connectivity index (χ1n) is 12.6. The van der Waals surface area contributed by atoms with Crippen molar-refractivity contribution >= 4 is 17.7 Å². The molecule has 8 nitrogen and oxygen atoms in total. The van der Waals surface area contributed by atoms with Gasteiger partial charge in [-0.25, -0.2) is 9.18 Å². The number of amides is 2. The number of allylic oxidation sites excluding steroid dienone is 1. The van der Waals surface area contributed by atoms with Crippen LogP contribution in [0.3, 0.4) is 0 Å². The number of aliphatic hydroxyl groups is 1. The zero-order valence-corrected chi connectivity index (χ0v) is 22.6. The lowest BCUT2D eigenvalue weighted by Gasteiger charge is -2.30. The van der Waals surface area contributed by atoms with Crippen LogP contribution in [0.25, 0.3) is 0 Å². The van der Waals surface area contributed by atoms with E-state index in [1.165, 1.54) is 20.3 Å². The van der Waals surface area contributed by atoms with Crippen molar-refractivity contribution in [2.45, 2.75) is 77.8 Å². The molecule has 0 saturated carbocycles. The first-order chi connectivity index (χ1) is 17.5. The normalized spacial score (nSPS) is 28.6. The summed E-state index contributed by atoms with van der Waals surface area (Å²) in [6, 6.07) is 4.94. The van der Waals surface area contributed by atoms with Crippen molar-refractivity contribution in [1.82, 2.24) is 0 Å². The van der Waals surface area contributed by atoms with Gasteiger partial charge in [0.15, 0.2) is 6.10 Å². The van der Waals surface area contributed by atoms with E-state index in [4.69, 9.17) is 19.9 Å². The summed E-state index contributed by atoms with van der Waals surface area (Å²) in [6.07, 6.45) is 1.66. The highest BCUT2D eigenvalue weighted by Gasteiger charge is 2.30. The quantitative estimate of drug-likeness (QED) is 0.505. The summed E-state index contributed by atoms with van der Waals surface area (Å²) in [4.78, 5) is 24.4. The molecule has 2 amide bonds. The van der Waals surface area contributed by atoms with Crippen molar-refractivity contribution in [2.24, 2.45) is 17.6 Å². The van der Waals surface area contributed by atoms with Gasteiger partial charge in [-0.05, 0) is 62.7 Å². The topological polar surface area (TPSA) is 120 Å². The molecule has 4 N–H and O–H groups in total. The summed E-state index contributed by atoms with van der Waals surface area (Å²) in [6.45, 7) is 7.26. The summed E-state index contributed by atoms with van der Waals surface area (Å²) in [5.41, 5.74) is 7.03. The van der Waals surface area contributed by atoms with Gasteiger partial charge in [0, 0.05) is 25.7 Å². The molecule has 206 valence electrons. The van der Waals surface area contributed by atoms with Crippen LogP contribution in [0.5, 0.6) is 0 Å². The van der Waals surface area contributed by atoms with Gasteiger partial charge in [-0.2, -0.15) is 0 Å². The van der Waals surface area contributed by atoms with Crippen LogP contribution in [-0.4, -0.2) is 55.7 Å². The minimum Gasteiger partial charge on any atom is -0.439 e. The van der Waals surface area contributed by atoms with Crippen molar-refractivity contribution in [2.75, 3.05) is 19.5 Å². The van der Waals surface area contributed by atoms with E-state index in [0.717, 1.165) is 0 Å². The molecule has 6 atom stereocenters. The van der Waals surface area contributed by atoms with Gasteiger partial charge in [0.25, 0.3) is 5.91 Å². The summed E-state index contributed by atoms with van der Waals surface area (Å²) in [5.74, 6) is -1.25. The number of hydrogen-bond acceptors (Lipinski definition) is 6. The van der Waals surface area contributed by atoms with E-state index < -0.39 is 42.2 Å². The predicted octanol–water partition coefficient (Wildman–Crippen LogP) is 4.51. The zero-order chi connectivity index (χ0) is 27.7.